The minimum Gasteiger partial charge on any atom is -0.449 e. The molecule has 4 heteroatoms. The third-order valence-corrected chi connectivity index (χ3v) is 2.04. The Morgan fingerprint density at radius 3 is 2.56 bits per heavy atom. The topological polar surface area (TPSA) is 59.4 Å². The van der Waals surface area contributed by atoms with E-state index in [1.807, 2.05) is 30.3 Å². The first-order valence-electron chi connectivity index (χ1n) is 5.17. The van der Waals surface area contributed by atoms with E-state index < -0.39 is 6.16 Å². The first-order chi connectivity index (χ1) is 8.74. The molecule has 1 N–H and O–H groups in total. The van der Waals surface area contributed by atoms with Gasteiger partial charge in [-0.25, -0.2) is 4.79 Å². The summed E-state index contributed by atoms with van der Waals surface area (Å²) in [5.74, 6) is 5.99. The van der Waals surface area contributed by atoms with Crippen LogP contribution in [0.5, 0.6) is 5.75 Å². The van der Waals surface area contributed by atoms with Gasteiger partial charge in [-0.15, -0.1) is 0 Å². The van der Waals surface area contributed by atoms with Crippen molar-refractivity contribution in [3.63, 3.8) is 0 Å². The molecule has 0 spiro atoms. The number of nitrogens with zero attached hydrogens (tertiary/aromatic N) is 1. The fourth-order valence-electron chi connectivity index (χ4n) is 1.31. The van der Waals surface area contributed by atoms with Crippen molar-refractivity contribution in [2.75, 3.05) is 0 Å². The van der Waals surface area contributed by atoms with Crippen LogP contribution in [0.3, 0.4) is 0 Å². The van der Waals surface area contributed by atoms with Crippen LogP contribution >= 0.6 is 0 Å². The maximum atomic E-state index is 10.4. The van der Waals surface area contributed by atoms with E-state index in [0.717, 1.165) is 5.56 Å². The normalized spacial score (nSPS) is 9.11. The first-order valence-corrected chi connectivity index (χ1v) is 5.17. The number of carboxylic acid groups (broad SMARTS) is 1. The van der Waals surface area contributed by atoms with E-state index in [4.69, 9.17) is 5.11 Å². The van der Waals surface area contributed by atoms with Crippen molar-refractivity contribution in [1.29, 1.82) is 0 Å². The van der Waals surface area contributed by atoms with Gasteiger partial charge < -0.3 is 9.84 Å². The molecule has 0 saturated carbocycles. The smallest absolute Gasteiger partial charge is 0.449 e. The molecular weight excluding hydrogens is 230 g/mol. The van der Waals surface area contributed by atoms with Crippen LogP contribution in [-0.4, -0.2) is 16.2 Å². The van der Waals surface area contributed by atoms with E-state index in [1.54, 1.807) is 6.20 Å². The van der Waals surface area contributed by atoms with Crippen LogP contribution < -0.4 is 4.74 Å². The van der Waals surface area contributed by atoms with Crippen molar-refractivity contribution in [2.45, 2.75) is 0 Å². The Bertz CT molecular complexity index is 612. The molecule has 0 aliphatic heterocycles. The van der Waals surface area contributed by atoms with Crippen LogP contribution in [0.25, 0.3) is 0 Å². The Morgan fingerprint density at radius 1 is 1.11 bits per heavy atom. The molecule has 0 saturated heterocycles. The van der Waals surface area contributed by atoms with Crippen LogP contribution in [0.1, 0.15) is 11.1 Å². The third kappa shape index (κ3) is 3.35. The molecule has 1 heterocycles. The van der Waals surface area contributed by atoms with Crippen molar-refractivity contribution in [3.8, 4) is 17.6 Å². The molecular formula is C14H9NO3. The van der Waals surface area contributed by atoms with Crippen LogP contribution in [0, 0.1) is 11.8 Å². The largest absolute Gasteiger partial charge is 0.511 e. The van der Waals surface area contributed by atoms with Gasteiger partial charge in [0.15, 0.2) is 5.75 Å². The van der Waals surface area contributed by atoms with Gasteiger partial charge in [-0.1, -0.05) is 30.0 Å². The maximum Gasteiger partial charge on any atom is 0.511 e. The van der Waals surface area contributed by atoms with Gasteiger partial charge in [0.2, 0.25) is 0 Å². The Balaban J connectivity index is 2.20. The number of hydrogen-bond donors (Lipinski definition) is 1. The number of carbonyl (C=O) groups is 1. The predicted molar refractivity (Wildman–Crippen MR) is 65.3 cm³/mol. The van der Waals surface area contributed by atoms with E-state index >= 15 is 0 Å². The summed E-state index contributed by atoms with van der Waals surface area (Å²) < 4.78 is 4.49. The molecule has 0 amide bonds. The molecule has 2 rings (SSSR count). The molecule has 0 radical (unpaired) electrons. The molecule has 0 bridgehead atoms. The Hall–Kier alpha value is -2.80. The number of rotatable bonds is 1. The van der Waals surface area contributed by atoms with Crippen molar-refractivity contribution in [1.82, 2.24) is 4.98 Å². The Morgan fingerprint density at radius 2 is 1.83 bits per heavy atom. The highest BCUT2D eigenvalue weighted by molar-refractivity contribution is 5.61. The average molecular weight is 239 g/mol. The van der Waals surface area contributed by atoms with E-state index in [9.17, 15) is 4.79 Å². The fourth-order valence-corrected chi connectivity index (χ4v) is 1.31. The summed E-state index contributed by atoms with van der Waals surface area (Å²) in [5, 5.41) is 8.48. The maximum absolute atomic E-state index is 10.4. The van der Waals surface area contributed by atoms with Gasteiger partial charge in [-0.3, -0.25) is 4.98 Å². The zero-order chi connectivity index (χ0) is 12.8. The molecule has 2 aromatic rings. The quantitative estimate of drug-likeness (QED) is 0.613. The lowest BCUT2D eigenvalue weighted by atomic mass is 10.2. The number of hydrogen-bond acceptors (Lipinski definition) is 3. The lowest BCUT2D eigenvalue weighted by Crippen LogP contribution is -2.03. The van der Waals surface area contributed by atoms with E-state index in [-0.39, 0.29) is 5.75 Å². The van der Waals surface area contributed by atoms with Crippen molar-refractivity contribution in [2.24, 2.45) is 0 Å². The molecule has 18 heavy (non-hydrogen) atoms. The summed E-state index contributed by atoms with van der Waals surface area (Å²) >= 11 is 0. The highest BCUT2D eigenvalue weighted by atomic mass is 16.7. The van der Waals surface area contributed by atoms with E-state index in [0.29, 0.717) is 5.56 Å². The highest BCUT2D eigenvalue weighted by Crippen LogP contribution is 2.10. The fraction of sp³-hybridized carbons (Fsp3) is 0. The monoisotopic (exact) mass is 239 g/mol. The third-order valence-electron chi connectivity index (χ3n) is 2.04. The molecule has 1 aromatic heterocycles. The van der Waals surface area contributed by atoms with Gasteiger partial charge in [0, 0.05) is 17.3 Å². The van der Waals surface area contributed by atoms with Crippen LogP contribution in [-0.2, 0) is 0 Å². The zero-order valence-electron chi connectivity index (χ0n) is 9.33. The van der Waals surface area contributed by atoms with E-state index in [2.05, 4.69) is 21.6 Å². The minimum absolute atomic E-state index is 0.155. The molecule has 0 fully saturated rings. The average Bonchev–Trinajstić information content (AvgIpc) is 2.37. The summed E-state index contributed by atoms with van der Waals surface area (Å²) in [5.41, 5.74) is 1.47. The molecule has 4 nitrogen and oxygen atoms in total. The number of ether oxygens (including phenoxy) is 1. The van der Waals surface area contributed by atoms with Gasteiger partial charge in [0.05, 0.1) is 6.20 Å². The van der Waals surface area contributed by atoms with E-state index in [1.165, 1.54) is 12.3 Å². The summed E-state index contributed by atoms with van der Waals surface area (Å²) in [6.45, 7) is 0. The van der Waals surface area contributed by atoms with Crippen LogP contribution in [0.2, 0.25) is 0 Å². The lowest BCUT2D eigenvalue weighted by molar-refractivity contribution is 0.144. The van der Waals surface area contributed by atoms with Crippen molar-refractivity contribution >= 4 is 6.16 Å². The molecule has 0 aliphatic rings. The van der Waals surface area contributed by atoms with Crippen molar-refractivity contribution < 1.29 is 14.6 Å². The summed E-state index contributed by atoms with van der Waals surface area (Å²) in [6.07, 6.45) is 1.50. The highest BCUT2D eigenvalue weighted by Gasteiger charge is 2.01. The zero-order valence-corrected chi connectivity index (χ0v) is 9.33. The molecule has 0 aliphatic carbocycles. The number of pyridine rings is 1. The van der Waals surface area contributed by atoms with Gasteiger partial charge in [-0.05, 0) is 18.2 Å². The van der Waals surface area contributed by atoms with Gasteiger partial charge in [0.25, 0.3) is 0 Å². The predicted octanol–water partition coefficient (Wildman–Crippen LogP) is 2.54. The second-order valence-corrected chi connectivity index (χ2v) is 3.39. The number of aromatic nitrogens is 1. The standard InChI is InChI=1S/C14H9NO3/c16-14(17)18-13-8-12(9-15-10-13)7-6-11-4-2-1-3-5-11/h1-5,8-10H,(H,16,17). The summed E-state index contributed by atoms with van der Waals surface area (Å²) in [6, 6.07) is 11.0. The first kappa shape index (κ1) is 11.7. The number of benzene rings is 1. The molecule has 0 unspecified atom stereocenters. The van der Waals surface area contributed by atoms with Gasteiger partial charge >= 0.3 is 6.16 Å². The summed E-state index contributed by atoms with van der Waals surface area (Å²) in [7, 11) is 0. The lowest BCUT2D eigenvalue weighted by Gasteiger charge is -1.98. The second kappa shape index (κ2) is 5.51. The second-order valence-electron chi connectivity index (χ2n) is 3.39. The van der Waals surface area contributed by atoms with Gasteiger partial charge in [0.1, 0.15) is 0 Å². The Labute approximate surface area is 104 Å². The van der Waals surface area contributed by atoms with Gasteiger partial charge in [-0.2, -0.15) is 0 Å². The Kier molecular flexibility index (Phi) is 3.57. The van der Waals surface area contributed by atoms with Crippen molar-refractivity contribution in [3.05, 3.63) is 59.9 Å². The molecule has 1 aromatic carbocycles. The molecule has 0 atom stereocenters. The van der Waals surface area contributed by atoms with Crippen LogP contribution in [0.15, 0.2) is 48.8 Å². The van der Waals surface area contributed by atoms with Crippen LogP contribution in [0.4, 0.5) is 4.79 Å². The molecule has 88 valence electrons. The summed E-state index contributed by atoms with van der Waals surface area (Å²) in [4.78, 5) is 14.2. The minimum atomic E-state index is -1.37. The SMILES string of the molecule is O=C(O)Oc1cncc(C#Cc2ccccc2)c1.